The van der Waals surface area contributed by atoms with Crippen molar-refractivity contribution in [1.82, 2.24) is 0 Å². The van der Waals surface area contributed by atoms with Gasteiger partial charge in [-0.2, -0.15) is 0 Å². The van der Waals surface area contributed by atoms with Gasteiger partial charge in [-0.25, -0.2) is 0 Å². The quantitative estimate of drug-likeness (QED) is 0.515. The largest absolute Gasteiger partial charge is 0.114 e. The Morgan fingerprint density at radius 3 is 2.47 bits per heavy atom. The van der Waals surface area contributed by atoms with Crippen LogP contribution in [0.25, 0.3) is 0 Å². The highest BCUT2D eigenvalue weighted by atomic mass is 14.3. The summed E-state index contributed by atoms with van der Waals surface area (Å²) < 4.78 is 0. The molecule has 15 heavy (non-hydrogen) atoms. The van der Waals surface area contributed by atoms with Crippen LogP contribution in [0.3, 0.4) is 0 Å². The number of fused-ring (bicyclic) bond motifs is 3. The molecule has 0 spiro atoms. The summed E-state index contributed by atoms with van der Waals surface area (Å²) in [5.41, 5.74) is 3.49. The van der Waals surface area contributed by atoms with Gasteiger partial charge in [0.2, 0.25) is 0 Å². The normalized spacial score (nSPS) is 31.3. The van der Waals surface area contributed by atoms with Crippen LogP contribution in [0.1, 0.15) is 0 Å². The Labute approximate surface area is 91.5 Å². The monoisotopic (exact) mass is 190 g/mol. The molecule has 0 nitrogen and oxygen atoms in total. The Balaban J connectivity index is 2.14. The van der Waals surface area contributed by atoms with E-state index < -0.39 is 0 Å². The van der Waals surface area contributed by atoms with Crippen molar-refractivity contribution in [2.45, 2.75) is 0 Å². The molecule has 0 aromatic carbocycles. The average Bonchev–Trinajstić information content (AvgIpc) is 2.30. The molecule has 3 rings (SSSR count). The molecule has 1 heteroatoms. The van der Waals surface area contributed by atoms with Crippen molar-refractivity contribution in [2.24, 2.45) is 11.8 Å². The van der Waals surface area contributed by atoms with E-state index in [0.717, 1.165) is 5.47 Å². The van der Waals surface area contributed by atoms with E-state index in [2.05, 4.69) is 54.7 Å². The van der Waals surface area contributed by atoms with Crippen LogP contribution in [-0.2, 0) is 0 Å². The van der Waals surface area contributed by atoms with Crippen LogP contribution in [0.5, 0.6) is 0 Å². The van der Waals surface area contributed by atoms with Gasteiger partial charge in [0.15, 0.2) is 0 Å². The van der Waals surface area contributed by atoms with Gasteiger partial charge in [-0.05, 0) is 11.1 Å². The number of hydrogen-bond donors (Lipinski definition) is 0. The second kappa shape index (κ2) is 3.27. The highest BCUT2D eigenvalue weighted by Gasteiger charge is 2.27. The van der Waals surface area contributed by atoms with Crippen molar-refractivity contribution in [2.75, 3.05) is 0 Å². The van der Waals surface area contributed by atoms with Crippen LogP contribution >= 0.6 is 0 Å². The van der Waals surface area contributed by atoms with Gasteiger partial charge >= 0.3 is 0 Å². The molecule has 0 bridgehead atoms. The molecule has 2 unspecified atom stereocenters. The summed E-state index contributed by atoms with van der Waals surface area (Å²) in [5, 5.41) is 0. The molecule has 2 atom stereocenters. The zero-order chi connectivity index (χ0) is 10.3. The molecular formula is C14H11B. The zero-order valence-corrected chi connectivity index (χ0v) is 8.43. The molecule has 0 fully saturated rings. The minimum absolute atomic E-state index is 0.427. The third kappa shape index (κ3) is 1.31. The van der Waals surface area contributed by atoms with Gasteiger partial charge in [0.05, 0.1) is 0 Å². The molecule has 2 radical (unpaired) electrons. The molecule has 0 N–H and O–H groups in total. The van der Waals surface area contributed by atoms with Crippen molar-refractivity contribution in [1.29, 1.82) is 0 Å². The van der Waals surface area contributed by atoms with E-state index in [-0.39, 0.29) is 0 Å². The lowest BCUT2D eigenvalue weighted by Crippen LogP contribution is -2.21. The maximum Gasteiger partial charge on any atom is 0.114 e. The maximum atomic E-state index is 6.06. The first kappa shape index (κ1) is 8.78. The number of allylic oxidation sites excluding steroid dienone is 12. The predicted molar refractivity (Wildman–Crippen MR) is 64.4 cm³/mol. The van der Waals surface area contributed by atoms with E-state index in [4.69, 9.17) is 7.85 Å². The highest BCUT2D eigenvalue weighted by Crippen LogP contribution is 2.39. The molecular weight excluding hydrogens is 179 g/mol. The summed E-state index contributed by atoms with van der Waals surface area (Å²) >= 11 is 0. The second-order valence-electron chi connectivity index (χ2n) is 4.09. The Morgan fingerprint density at radius 2 is 1.60 bits per heavy atom. The average molecular weight is 190 g/mol. The summed E-state index contributed by atoms with van der Waals surface area (Å²) in [6, 6.07) is 0. The predicted octanol–water partition coefficient (Wildman–Crippen LogP) is 2.83. The first-order valence-corrected chi connectivity index (χ1v) is 5.27. The molecule has 0 aromatic heterocycles. The van der Waals surface area contributed by atoms with E-state index in [1.165, 1.54) is 11.1 Å². The minimum Gasteiger partial charge on any atom is -0.0926 e. The fourth-order valence-electron chi connectivity index (χ4n) is 2.47. The first-order valence-electron chi connectivity index (χ1n) is 5.27. The van der Waals surface area contributed by atoms with Gasteiger partial charge in [-0.15, -0.1) is 0 Å². The van der Waals surface area contributed by atoms with E-state index in [1.54, 1.807) is 0 Å². The first-order chi connectivity index (χ1) is 7.36. The van der Waals surface area contributed by atoms with Crippen molar-refractivity contribution in [3.63, 3.8) is 0 Å². The minimum atomic E-state index is 0.427. The van der Waals surface area contributed by atoms with Crippen LogP contribution in [0.15, 0.2) is 71.3 Å². The summed E-state index contributed by atoms with van der Waals surface area (Å²) in [7, 11) is 6.06. The molecule has 0 saturated carbocycles. The van der Waals surface area contributed by atoms with E-state index >= 15 is 0 Å². The molecule has 0 aliphatic heterocycles. The van der Waals surface area contributed by atoms with E-state index in [9.17, 15) is 0 Å². The van der Waals surface area contributed by atoms with Crippen LogP contribution in [0, 0.1) is 11.8 Å². The Hall–Kier alpha value is -1.50. The lowest BCUT2D eigenvalue weighted by atomic mass is 9.68. The third-order valence-electron chi connectivity index (χ3n) is 3.21. The summed E-state index contributed by atoms with van der Waals surface area (Å²) in [5.74, 6) is 0.898. The van der Waals surface area contributed by atoms with Gasteiger partial charge < -0.3 is 0 Å². The van der Waals surface area contributed by atoms with Crippen LogP contribution in [-0.4, -0.2) is 7.85 Å². The van der Waals surface area contributed by atoms with Crippen LogP contribution in [0.4, 0.5) is 0 Å². The SMILES string of the molecule is [B]C1=C2C=CC=CC2C2C=CC=CC2=C1. The summed E-state index contributed by atoms with van der Waals surface area (Å²) in [6.45, 7) is 0. The smallest absolute Gasteiger partial charge is 0.0926 e. The molecule has 0 amide bonds. The lowest BCUT2D eigenvalue weighted by molar-refractivity contribution is 0.613. The van der Waals surface area contributed by atoms with Crippen molar-refractivity contribution in [3.8, 4) is 0 Å². The third-order valence-corrected chi connectivity index (χ3v) is 3.21. The van der Waals surface area contributed by atoms with Crippen LogP contribution < -0.4 is 0 Å². The highest BCUT2D eigenvalue weighted by molar-refractivity contribution is 6.24. The second-order valence-corrected chi connectivity index (χ2v) is 4.09. The summed E-state index contributed by atoms with van der Waals surface area (Å²) in [4.78, 5) is 0. The van der Waals surface area contributed by atoms with Gasteiger partial charge in [0, 0.05) is 11.8 Å². The number of hydrogen-bond acceptors (Lipinski definition) is 0. The van der Waals surface area contributed by atoms with Crippen molar-refractivity contribution < 1.29 is 0 Å². The zero-order valence-electron chi connectivity index (χ0n) is 8.43. The van der Waals surface area contributed by atoms with E-state index in [1.807, 2.05) is 0 Å². The van der Waals surface area contributed by atoms with Gasteiger partial charge in [-0.3, -0.25) is 0 Å². The van der Waals surface area contributed by atoms with Crippen molar-refractivity contribution >= 4 is 7.85 Å². The van der Waals surface area contributed by atoms with Gasteiger partial charge in [0.25, 0.3) is 0 Å². The van der Waals surface area contributed by atoms with Gasteiger partial charge in [0.1, 0.15) is 7.85 Å². The maximum absolute atomic E-state index is 6.06. The topological polar surface area (TPSA) is 0 Å². The molecule has 3 aliphatic carbocycles. The lowest BCUT2D eigenvalue weighted by Gasteiger charge is -2.32. The van der Waals surface area contributed by atoms with Crippen LogP contribution in [0.2, 0.25) is 0 Å². The van der Waals surface area contributed by atoms with Crippen molar-refractivity contribution in [3.05, 3.63) is 71.3 Å². The molecule has 70 valence electrons. The van der Waals surface area contributed by atoms with E-state index in [0.29, 0.717) is 11.8 Å². The fraction of sp³-hybridized carbons (Fsp3) is 0.143. The molecule has 0 saturated heterocycles. The summed E-state index contributed by atoms with van der Waals surface area (Å²) in [6.07, 6.45) is 19.2. The Bertz CT molecular complexity index is 470. The number of rotatable bonds is 0. The molecule has 0 heterocycles. The Morgan fingerprint density at radius 1 is 0.867 bits per heavy atom. The molecule has 3 aliphatic rings. The Kier molecular flexibility index (Phi) is 1.91. The van der Waals surface area contributed by atoms with Gasteiger partial charge in [-0.1, -0.05) is 60.2 Å². The standard InChI is InChI=1S/C14H11B/c15-14-9-10-5-1-2-6-11(10)12-7-3-4-8-13(12)14/h1-9,11-12H. The molecule has 0 aromatic rings. The fourth-order valence-corrected chi connectivity index (χ4v) is 2.47.